The fourth-order valence-electron chi connectivity index (χ4n) is 6.06. The minimum atomic E-state index is -4.19. The van der Waals surface area contributed by atoms with Gasteiger partial charge in [-0.05, 0) is 80.6 Å². The standard InChI is InChI=1S/C38H42ClN3O4S/c1-27-13-17-31(18-14-27)25-41(36(24-30-9-5-4-6-10-30)38(44)40-33-11-7-8-12-33)37(43)26-42(35-22-19-32(39)23-29(35)3)47(45,46)34-20-15-28(2)16-21-34/h4-6,9-10,13-23,33,36H,7-8,11-12,24-26H2,1-3H3,(H,40,44)/t36-/m0/s1. The van der Waals surface area contributed by atoms with Crippen molar-refractivity contribution in [2.45, 2.75) is 76.4 Å². The highest BCUT2D eigenvalue weighted by Gasteiger charge is 2.36. The first-order chi connectivity index (χ1) is 22.5. The number of hydrogen-bond donors (Lipinski definition) is 1. The molecular weight excluding hydrogens is 630 g/mol. The lowest BCUT2D eigenvalue weighted by Gasteiger charge is -2.34. The zero-order chi connectivity index (χ0) is 33.6. The summed E-state index contributed by atoms with van der Waals surface area (Å²) in [5.74, 6) is -0.727. The summed E-state index contributed by atoms with van der Waals surface area (Å²) in [5.41, 5.74) is 4.67. The minimum Gasteiger partial charge on any atom is -0.352 e. The lowest BCUT2D eigenvalue weighted by molar-refractivity contribution is -0.140. The average Bonchev–Trinajstić information content (AvgIpc) is 3.56. The smallest absolute Gasteiger partial charge is 0.264 e. The van der Waals surface area contributed by atoms with Gasteiger partial charge in [0.15, 0.2) is 0 Å². The van der Waals surface area contributed by atoms with E-state index < -0.39 is 28.5 Å². The van der Waals surface area contributed by atoms with Gasteiger partial charge in [-0.25, -0.2) is 8.42 Å². The second-order valence-electron chi connectivity index (χ2n) is 12.5. The van der Waals surface area contributed by atoms with Crippen molar-refractivity contribution in [3.05, 3.63) is 130 Å². The average molecular weight is 672 g/mol. The van der Waals surface area contributed by atoms with Crippen molar-refractivity contribution < 1.29 is 18.0 Å². The lowest BCUT2D eigenvalue weighted by atomic mass is 10.0. The molecule has 9 heteroatoms. The molecule has 5 rings (SSSR count). The normalized spacial score (nSPS) is 14.0. The van der Waals surface area contributed by atoms with Crippen molar-refractivity contribution in [2.24, 2.45) is 0 Å². The molecule has 0 unspecified atom stereocenters. The van der Waals surface area contributed by atoms with Crippen LogP contribution in [0.15, 0.2) is 102 Å². The number of nitrogens with one attached hydrogen (secondary N) is 1. The van der Waals surface area contributed by atoms with Crippen LogP contribution in [0.5, 0.6) is 0 Å². The molecule has 246 valence electrons. The van der Waals surface area contributed by atoms with Gasteiger partial charge < -0.3 is 10.2 Å². The molecule has 1 aliphatic rings. The molecule has 0 radical (unpaired) electrons. The topological polar surface area (TPSA) is 86.8 Å². The number of amides is 2. The predicted molar refractivity (Wildman–Crippen MR) is 188 cm³/mol. The summed E-state index contributed by atoms with van der Waals surface area (Å²) >= 11 is 6.26. The Hall–Kier alpha value is -4.14. The van der Waals surface area contributed by atoms with E-state index in [9.17, 15) is 18.0 Å². The SMILES string of the molecule is Cc1ccc(CN(C(=O)CN(c2ccc(Cl)cc2C)S(=O)(=O)c2ccc(C)cc2)[C@@H](Cc2ccccc2)C(=O)NC2CCCC2)cc1. The number of carbonyl (C=O) groups excluding carboxylic acids is 2. The van der Waals surface area contributed by atoms with Crippen LogP contribution in [0.2, 0.25) is 5.02 Å². The maximum Gasteiger partial charge on any atom is 0.264 e. The summed E-state index contributed by atoms with van der Waals surface area (Å²) in [6, 6.07) is 28.1. The number of nitrogens with zero attached hydrogens (tertiary/aromatic N) is 2. The molecular formula is C38H42ClN3O4S. The van der Waals surface area contributed by atoms with Crippen LogP contribution in [0.1, 0.15) is 53.5 Å². The summed E-state index contributed by atoms with van der Waals surface area (Å²) in [4.78, 5) is 30.4. The fourth-order valence-corrected chi connectivity index (χ4v) is 7.77. The van der Waals surface area contributed by atoms with E-state index in [0.29, 0.717) is 16.3 Å². The summed E-state index contributed by atoms with van der Waals surface area (Å²) < 4.78 is 29.7. The number of anilines is 1. The Morgan fingerprint density at radius 2 is 1.45 bits per heavy atom. The first kappa shape index (κ1) is 34.2. The van der Waals surface area contributed by atoms with Gasteiger partial charge in [-0.1, -0.05) is 102 Å². The largest absolute Gasteiger partial charge is 0.352 e. The molecule has 0 aliphatic heterocycles. The fraction of sp³-hybridized carbons (Fsp3) is 0.316. The van der Waals surface area contributed by atoms with Gasteiger partial charge in [0.25, 0.3) is 10.0 Å². The number of hydrogen-bond acceptors (Lipinski definition) is 4. The molecule has 1 N–H and O–H groups in total. The van der Waals surface area contributed by atoms with Gasteiger partial charge in [-0.15, -0.1) is 0 Å². The van der Waals surface area contributed by atoms with E-state index in [4.69, 9.17) is 11.6 Å². The van der Waals surface area contributed by atoms with Crippen LogP contribution < -0.4 is 9.62 Å². The Morgan fingerprint density at radius 3 is 2.06 bits per heavy atom. The second-order valence-corrected chi connectivity index (χ2v) is 14.8. The van der Waals surface area contributed by atoms with Crippen molar-refractivity contribution in [1.82, 2.24) is 10.2 Å². The number of aryl methyl sites for hydroxylation is 3. The third-order valence-corrected chi connectivity index (χ3v) is 10.8. The summed E-state index contributed by atoms with van der Waals surface area (Å²) in [5, 5.41) is 3.67. The highest BCUT2D eigenvalue weighted by Crippen LogP contribution is 2.30. The Balaban J connectivity index is 1.58. The van der Waals surface area contributed by atoms with Crippen LogP contribution in [0.25, 0.3) is 0 Å². The maximum atomic E-state index is 14.7. The molecule has 0 aromatic heterocycles. The highest BCUT2D eigenvalue weighted by atomic mass is 35.5. The van der Waals surface area contributed by atoms with Gasteiger partial charge in [0.2, 0.25) is 11.8 Å². The van der Waals surface area contributed by atoms with Crippen molar-refractivity contribution in [3.8, 4) is 0 Å². The first-order valence-corrected chi connectivity index (χ1v) is 17.9. The molecule has 0 saturated heterocycles. The quantitative estimate of drug-likeness (QED) is 0.173. The Labute approximate surface area is 283 Å². The van der Waals surface area contributed by atoms with E-state index >= 15 is 0 Å². The predicted octanol–water partition coefficient (Wildman–Crippen LogP) is 7.16. The maximum absolute atomic E-state index is 14.7. The van der Waals surface area contributed by atoms with Gasteiger partial charge in [0.1, 0.15) is 12.6 Å². The van der Waals surface area contributed by atoms with Crippen LogP contribution in [-0.2, 0) is 32.6 Å². The Kier molecular flexibility index (Phi) is 11.0. The zero-order valence-electron chi connectivity index (χ0n) is 27.2. The third kappa shape index (κ3) is 8.62. The van der Waals surface area contributed by atoms with E-state index in [2.05, 4.69) is 5.32 Å². The molecule has 1 fully saturated rings. The van der Waals surface area contributed by atoms with Gasteiger partial charge in [0, 0.05) is 24.0 Å². The van der Waals surface area contributed by atoms with Crippen LogP contribution in [0.3, 0.4) is 0 Å². The molecule has 7 nitrogen and oxygen atoms in total. The van der Waals surface area contributed by atoms with Crippen LogP contribution >= 0.6 is 11.6 Å². The van der Waals surface area contributed by atoms with Gasteiger partial charge in [0.05, 0.1) is 10.6 Å². The molecule has 2 amide bonds. The number of halogens is 1. The molecule has 0 bridgehead atoms. The molecule has 4 aromatic rings. The third-order valence-electron chi connectivity index (χ3n) is 8.76. The van der Waals surface area contributed by atoms with Crippen LogP contribution in [0, 0.1) is 20.8 Å². The van der Waals surface area contributed by atoms with Crippen molar-refractivity contribution in [1.29, 1.82) is 0 Å². The molecule has 1 saturated carbocycles. The first-order valence-electron chi connectivity index (χ1n) is 16.1. The molecule has 1 aliphatic carbocycles. The van der Waals surface area contributed by atoms with E-state index in [-0.39, 0.29) is 29.8 Å². The van der Waals surface area contributed by atoms with E-state index in [1.165, 1.54) is 0 Å². The zero-order valence-corrected chi connectivity index (χ0v) is 28.7. The number of benzene rings is 4. The van der Waals surface area contributed by atoms with Crippen molar-refractivity contribution >= 4 is 39.1 Å². The molecule has 1 atom stereocenters. The second kappa shape index (κ2) is 15.2. The van der Waals surface area contributed by atoms with Gasteiger partial charge in [-0.2, -0.15) is 0 Å². The van der Waals surface area contributed by atoms with E-state index in [0.717, 1.165) is 52.2 Å². The van der Waals surface area contributed by atoms with Gasteiger partial charge in [-0.3, -0.25) is 13.9 Å². The number of carbonyl (C=O) groups is 2. The molecule has 47 heavy (non-hydrogen) atoms. The van der Waals surface area contributed by atoms with E-state index in [1.54, 1.807) is 54.3 Å². The highest BCUT2D eigenvalue weighted by molar-refractivity contribution is 7.92. The monoisotopic (exact) mass is 671 g/mol. The Morgan fingerprint density at radius 1 is 0.830 bits per heavy atom. The number of rotatable bonds is 12. The van der Waals surface area contributed by atoms with Crippen LogP contribution in [-0.4, -0.2) is 43.8 Å². The van der Waals surface area contributed by atoms with Gasteiger partial charge >= 0.3 is 0 Å². The number of sulfonamides is 1. The molecule has 0 spiro atoms. The molecule has 4 aromatic carbocycles. The lowest BCUT2D eigenvalue weighted by Crippen LogP contribution is -2.54. The van der Waals surface area contributed by atoms with E-state index in [1.807, 2.05) is 68.4 Å². The molecule has 0 heterocycles. The summed E-state index contributed by atoms with van der Waals surface area (Å²) in [7, 11) is -4.19. The minimum absolute atomic E-state index is 0.0484. The van der Waals surface area contributed by atoms with Crippen molar-refractivity contribution in [2.75, 3.05) is 10.8 Å². The van der Waals surface area contributed by atoms with Crippen molar-refractivity contribution in [3.63, 3.8) is 0 Å². The van der Waals surface area contributed by atoms with Crippen LogP contribution in [0.4, 0.5) is 5.69 Å². The summed E-state index contributed by atoms with van der Waals surface area (Å²) in [6.07, 6.45) is 4.17. The summed E-state index contributed by atoms with van der Waals surface area (Å²) in [6.45, 7) is 5.26. The Bertz CT molecular complexity index is 1790.